The van der Waals surface area contributed by atoms with Gasteiger partial charge in [-0.25, -0.2) is 5.10 Å². The van der Waals surface area contributed by atoms with Crippen LogP contribution in [0.2, 0.25) is 5.02 Å². The lowest BCUT2D eigenvalue weighted by Gasteiger charge is -2.23. The molecule has 0 saturated carbocycles. The molecule has 2 aromatic carbocycles. The van der Waals surface area contributed by atoms with Gasteiger partial charge in [0, 0.05) is 36.8 Å². The van der Waals surface area contributed by atoms with Crippen LogP contribution in [0.5, 0.6) is 0 Å². The van der Waals surface area contributed by atoms with Gasteiger partial charge in [0.15, 0.2) is 0 Å². The summed E-state index contributed by atoms with van der Waals surface area (Å²) in [6.07, 6.45) is 5.65. The van der Waals surface area contributed by atoms with Crippen molar-refractivity contribution in [1.29, 1.82) is 0 Å². The van der Waals surface area contributed by atoms with Crippen molar-refractivity contribution in [2.45, 2.75) is 38.1 Å². The second kappa shape index (κ2) is 10.8. The van der Waals surface area contributed by atoms with Crippen molar-refractivity contribution in [2.24, 2.45) is 0 Å². The molecule has 6 nitrogen and oxygen atoms in total. The Morgan fingerprint density at radius 1 is 1.03 bits per heavy atom. The molecule has 0 unspecified atom stereocenters. The van der Waals surface area contributed by atoms with Gasteiger partial charge in [0.1, 0.15) is 0 Å². The number of aromatic amines is 1. The molecule has 3 N–H and O–H groups in total. The summed E-state index contributed by atoms with van der Waals surface area (Å²) in [4.78, 5) is 12.1. The van der Waals surface area contributed by atoms with E-state index in [9.17, 15) is 4.79 Å². The van der Waals surface area contributed by atoms with Gasteiger partial charge in [-0.3, -0.25) is 4.79 Å². The van der Waals surface area contributed by atoms with Crippen LogP contribution in [0, 0.1) is 0 Å². The topological polar surface area (TPSA) is 79.0 Å². The molecule has 0 aliphatic carbocycles. The van der Waals surface area contributed by atoms with Crippen molar-refractivity contribution in [2.75, 3.05) is 31.6 Å². The summed E-state index contributed by atoms with van der Waals surface area (Å²) in [7, 11) is 0. The van der Waals surface area contributed by atoms with Crippen LogP contribution in [0.15, 0.2) is 47.3 Å². The van der Waals surface area contributed by atoms with Crippen molar-refractivity contribution in [1.82, 2.24) is 15.5 Å². The maximum absolute atomic E-state index is 12.1. The first-order valence-corrected chi connectivity index (χ1v) is 11.4. The molecule has 4 rings (SSSR count). The number of unbranched alkanes of at least 4 members (excludes halogenated alkanes) is 2. The highest BCUT2D eigenvalue weighted by atomic mass is 35.5. The average molecular weight is 441 g/mol. The Hall–Kier alpha value is -2.41. The Morgan fingerprint density at radius 2 is 1.81 bits per heavy atom. The van der Waals surface area contributed by atoms with E-state index in [1.807, 2.05) is 42.5 Å². The highest BCUT2D eigenvalue weighted by Crippen LogP contribution is 2.30. The van der Waals surface area contributed by atoms with Crippen molar-refractivity contribution < 1.29 is 4.74 Å². The van der Waals surface area contributed by atoms with Crippen molar-refractivity contribution >= 4 is 28.1 Å². The monoisotopic (exact) mass is 440 g/mol. The van der Waals surface area contributed by atoms with Gasteiger partial charge in [0.05, 0.1) is 21.8 Å². The van der Waals surface area contributed by atoms with Crippen molar-refractivity contribution in [3.63, 3.8) is 0 Å². The van der Waals surface area contributed by atoms with Crippen molar-refractivity contribution in [3.8, 4) is 11.3 Å². The van der Waals surface area contributed by atoms with Crippen LogP contribution < -0.4 is 16.2 Å². The first-order chi connectivity index (χ1) is 15.2. The standard InChI is InChI=1S/C24H29ClN4O2/c25-21-9-8-17(23-19-6-2-3-7-20(19)24(30)29-28-23)16-22(21)27-13-5-1-4-12-26-18-10-14-31-15-11-18/h2-3,6-9,16,18,26-27H,1,4-5,10-15H2,(H,29,30). The number of benzene rings is 2. The molecule has 7 heteroatoms. The molecule has 0 atom stereocenters. The molecule has 1 aromatic heterocycles. The molecular weight excluding hydrogens is 412 g/mol. The van der Waals surface area contributed by atoms with E-state index in [2.05, 4.69) is 20.8 Å². The van der Waals surface area contributed by atoms with Gasteiger partial charge in [-0.2, -0.15) is 5.10 Å². The number of nitrogens with one attached hydrogen (secondary N) is 3. The van der Waals surface area contributed by atoms with Crippen LogP contribution in [0.4, 0.5) is 5.69 Å². The lowest BCUT2D eigenvalue weighted by Crippen LogP contribution is -2.35. The number of H-pyrrole nitrogens is 1. The number of aromatic nitrogens is 2. The Morgan fingerprint density at radius 3 is 2.65 bits per heavy atom. The molecule has 164 valence electrons. The Bertz CT molecular complexity index is 1060. The lowest BCUT2D eigenvalue weighted by molar-refractivity contribution is 0.0780. The van der Waals surface area contributed by atoms with Gasteiger partial charge in [0.2, 0.25) is 0 Å². The van der Waals surface area contributed by atoms with Crippen LogP contribution in [-0.4, -0.2) is 42.5 Å². The summed E-state index contributed by atoms with van der Waals surface area (Å²) in [5, 5.41) is 16.1. The molecule has 1 saturated heterocycles. The number of fused-ring (bicyclic) bond motifs is 1. The first-order valence-electron chi connectivity index (χ1n) is 11.0. The summed E-state index contributed by atoms with van der Waals surface area (Å²) >= 11 is 6.41. The number of ether oxygens (including phenoxy) is 1. The van der Waals surface area contributed by atoms with Gasteiger partial charge < -0.3 is 15.4 Å². The van der Waals surface area contributed by atoms with E-state index < -0.39 is 0 Å². The normalized spacial score (nSPS) is 14.7. The van der Waals surface area contributed by atoms with Crippen LogP contribution >= 0.6 is 11.6 Å². The molecular formula is C24H29ClN4O2. The highest BCUT2D eigenvalue weighted by Gasteiger charge is 2.12. The molecule has 2 heterocycles. The molecule has 0 bridgehead atoms. The highest BCUT2D eigenvalue weighted by molar-refractivity contribution is 6.33. The fraction of sp³-hybridized carbons (Fsp3) is 0.417. The number of hydrogen-bond acceptors (Lipinski definition) is 5. The van der Waals surface area contributed by atoms with Crippen LogP contribution in [0.3, 0.4) is 0 Å². The third kappa shape index (κ3) is 5.64. The predicted octanol–water partition coefficient (Wildman–Crippen LogP) is 4.59. The number of halogens is 1. The number of hydrogen-bond donors (Lipinski definition) is 3. The van der Waals surface area contributed by atoms with Crippen molar-refractivity contribution in [3.05, 3.63) is 57.8 Å². The van der Waals surface area contributed by atoms with E-state index in [-0.39, 0.29) is 5.56 Å². The fourth-order valence-electron chi connectivity index (χ4n) is 4.00. The predicted molar refractivity (Wildman–Crippen MR) is 127 cm³/mol. The number of rotatable bonds is 9. The lowest BCUT2D eigenvalue weighted by atomic mass is 10.0. The van der Waals surface area contributed by atoms with E-state index in [1.165, 1.54) is 6.42 Å². The van der Waals surface area contributed by atoms with Crippen LogP contribution in [-0.2, 0) is 4.74 Å². The first kappa shape index (κ1) is 21.8. The molecule has 0 radical (unpaired) electrons. The Labute approximate surface area is 187 Å². The zero-order valence-corrected chi connectivity index (χ0v) is 18.4. The van der Waals surface area contributed by atoms with Gasteiger partial charge in [-0.05, 0) is 50.4 Å². The second-order valence-electron chi connectivity index (χ2n) is 7.97. The maximum Gasteiger partial charge on any atom is 0.272 e. The Balaban J connectivity index is 1.32. The fourth-order valence-corrected chi connectivity index (χ4v) is 4.18. The molecule has 0 spiro atoms. The average Bonchev–Trinajstić information content (AvgIpc) is 2.81. The minimum atomic E-state index is -0.182. The molecule has 3 aromatic rings. The van der Waals surface area contributed by atoms with Crippen LogP contribution in [0.1, 0.15) is 32.1 Å². The van der Waals surface area contributed by atoms with Gasteiger partial charge >= 0.3 is 0 Å². The molecule has 1 aliphatic heterocycles. The van der Waals surface area contributed by atoms with Gasteiger partial charge in [0.25, 0.3) is 5.56 Å². The molecule has 1 fully saturated rings. The van der Waals surface area contributed by atoms with E-state index >= 15 is 0 Å². The summed E-state index contributed by atoms with van der Waals surface area (Å²) < 4.78 is 5.40. The SMILES string of the molecule is O=c1[nH]nc(-c2ccc(Cl)c(NCCCCCNC3CCOCC3)c2)c2ccccc12. The zero-order chi connectivity index (χ0) is 21.5. The van der Waals surface area contributed by atoms with Crippen LogP contribution in [0.25, 0.3) is 22.0 Å². The molecule has 0 amide bonds. The summed E-state index contributed by atoms with van der Waals surface area (Å²) in [6.45, 7) is 3.68. The van der Waals surface area contributed by atoms with E-state index in [0.717, 1.165) is 74.3 Å². The smallest absolute Gasteiger partial charge is 0.272 e. The molecule has 31 heavy (non-hydrogen) atoms. The third-order valence-electron chi connectivity index (χ3n) is 5.76. The number of nitrogens with zero attached hydrogens (tertiary/aromatic N) is 1. The maximum atomic E-state index is 12.1. The number of anilines is 1. The summed E-state index contributed by atoms with van der Waals surface area (Å²) in [6, 6.07) is 13.9. The minimum Gasteiger partial charge on any atom is -0.384 e. The third-order valence-corrected chi connectivity index (χ3v) is 6.09. The van der Waals surface area contributed by atoms with E-state index in [0.29, 0.717) is 16.5 Å². The van der Waals surface area contributed by atoms with E-state index in [4.69, 9.17) is 16.3 Å². The quantitative estimate of drug-likeness (QED) is 0.424. The Kier molecular flexibility index (Phi) is 7.57. The largest absolute Gasteiger partial charge is 0.384 e. The zero-order valence-electron chi connectivity index (χ0n) is 17.6. The van der Waals surface area contributed by atoms with E-state index in [1.54, 1.807) is 0 Å². The minimum absolute atomic E-state index is 0.182. The second-order valence-corrected chi connectivity index (χ2v) is 8.38. The molecule has 1 aliphatic rings. The van der Waals surface area contributed by atoms with Gasteiger partial charge in [-0.1, -0.05) is 42.3 Å². The van der Waals surface area contributed by atoms with Gasteiger partial charge in [-0.15, -0.1) is 0 Å². The summed E-state index contributed by atoms with van der Waals surface area (Å²) in [5.41, 5.74) is 2.36. The summed E-state index contributed by atoms with van der Waals surface area (Å²) in [5.74, 6) is 0.